The maximum atomic E-state index is 13.2. The predicted molar refractivity (Wildman–Crippen MR) is 82.2 cm³/mol. The lowest BCUT2D eigenvalue weighted by Gasteiger charge is -2.15. The first-order valence-corrected chi connectivity index (χ1v) is 7.29. The fourth-order valence-corrected chi connectivity index (χ4v) is 1.88. The Balaban J connectivity index is 2.33. The minimum Gasteiger partial charge on any atom is -0.449 e. The molecule has 0 unspecified atom stereocenters. The van der Waals surface area contributed by atoms with Gasteiger partial charge in [0.05, 0.1) is 24.2 Å². The highest BCUT2D eigenvalue weighted by atomic mass is 19.4. The third kappa shape index (κ3) is 5.13. The van der Waals surface area contributed by atoms with E-state index < -0.39 is 29.5 Å². The van der Waals surface area contributed by atoms with Crippen LogP contribution in [-0.4, -0.2) is 22.7 Å². The van der Waals surface area contributed by atoms with Crippen LogP contribution >= 0.6 is 0 Å². The van der Waals surface area contributed by atoms with Crippen LogP contribution in [-0.2, 0) is 10.9 Å². The maximum Gasteiger partial charge on any atom is 0.435 e. The summed E-state index contributed by atoms with van der Waals surface area (Å²) in [6.45, 7) is 3.64. The highest BCUT2D eigenvalue weighted by Gasteiger charge is 2.36. The van der Waals surface area contributed by atoms with Crippen molar-refractivity contribution >= 4 is 11.8 Å². The van der Waals surface area contributed by atoms with E-state index >= 15 is 0 Å². The summed E-state index contributed by atoms with van der Waals surface area (Å²) in [6.07, 6.45) is -3.72. The van der Waals surface area contributed by atoms with Gasteiger partial charge in [-0.05, 0) is 24.1 Å². The van der Waals surface area contributed by atoms with Gasteiger partial charge in [0.25, 0.3) is 0 Å². The van der Waals surface area contributed by atoms with E-state index in [-0.39, 0.29) is 23.8 Å². The molecule has 0 saturated carbocycles. The van der Waals surface area contributed by atoms with Gasteiger partial charge in [0.15, 0.2) is 5.69 Å². The number of nitrogens with zero attached hydrogens (tertiary/aromatic N) is 2. The van der Waals surface area contributed by atoms with Crippen LogP contribution in [0.15, 0.2) is 30.6 Å². The van der Waals surface area contributed by atoms with E-state index in [4.69, 9.17) is 4.74 Å². The van der Waals surface area contributed by atoms with E-state index in [0.29, 0.717) is 0 Å². The van der Waals surface area contributed by atoms with Crippen molar-refractivity contribution in [1.29, 1.82) is 0 Å². The normalized spacial score (nSPS) is 11.5. The van der Waals surface area contributed by atoms with Crippen molar-refractivity contribution < 1.29 is 27.1 Å². The third-order valence-electron chi connectivity index (χ3n) is 2.95. The molecule has 0 aliphatic rings. The summed E-state index contributed by atoms with van der Waals surface area (Å²) < 4.78 is 57.7. The van der Waals surface area contributed by atoms with Crippen LogP contribution in [0.5, 0.6) is 0 Å². The van der Waals surface area contributed by atoms with E-state index in [0.717, 1.165) is 18.3 Å². The van der Waals surface area contributed by atoms with Gasteiger partial charge < -0.3 is 4.74 Å². The van der Waals surface area contributed by atoms with E-state index in [1.807, 2.05) is 5.32 Å². The standard InChI is InChI=1S/C16H15F4N3O2/c1-9(2)8-25-15(24)23-13-4-3-12(22-14(13)16(18,19)20)10-5-11(17)7-21-6-10/h3-7,9H,8H2,1-2H3,(H,23,24). The minimum absolute atomic E-state index is 0.0359. The molecule has 0 radical (unpaired) electrons. The average molecular weight is 357 g/mol. The summed E-state index contributed by atoms with van der Waals surface area (Å²) in [5.74, 6) is -0.666. The van der Waals surface area contributed by atoms with Gasteiger partial charge in [0.1, 0.15) is 5.82 Å². The van der Waals surface area contributed by atoms with Gasteiger partial charge in [-0.2, -0.15) is 13.2 Å². The molecular formula is C16H15F4N3O2. The second-order valence-corrected chi connectivity index (χ2v) is 5.60. The number of nitrogens with one attached hydrogen (secondary N) is 1. The number of alkyl halides is 3. The van der Waals surface area contributed by atoms with Crippen molar-refractivity contribution in [3.8, 4) is 11.3 Å². The zero-order valence-corrected chi connectivity index (χ0v) is 13.4. The van der Waals surface area contributed by atoms with E-state index in [1.54, 1.807) is 13.8 Å². The van der Waals surface area contributed by atoms with E-state index in [1.165, 1.54) is 12.3 Å². The van der Waals surface area contributed by atoms with Crippen LogP contribution in [0.3, 0.4) is 0 Å². The van der Waals surface area contributed by atoms with E-state index in [2.05, 4.69) is 9.97 Å². The molecule has 0 aliphatic carbocycles. The molecule has 0 atom stereocenters. The Morgan fingerprint density at radius 2 is 2.00 bits per heavy atom. The summed E-state index contributed by atoms with van der Waals surface area (Å²) in [4.78, 5) is 18.7. The van der Waals surface area contributed by atoms with Gasteiger partial charge in [-0.1, -0.05) is 13.8 Å². The highest BCUT2D eigenvalue weighted by Crippen LogP contribution is 2.35. The molecule has 0 spiro atoms. The number of rotatable bonds is 4. The van der Waals surface area contributed by atoms with Crippen LogP contribution in [0, 0.1) is 11.7 Å². The highest BCUT2D eigenvalue weighted by molar-refractivity contribution is 5.85. The van der Waals surface area contributed by atoms with Crippen LogP contribution in [0.1, 0.15) is 19.5 Å². The molecule has 2 rings (SSSR count). The van der Waals surface area contributed by atoms with Crippen molar-refractivity contribution in [3.05, 3.63) is 42.1 Å². The van der Waals surface area contributed by atoms with Crippen molar-refractivity contribution in [2.45, 2.75) is 20.0 Å². The van der Waals surface area contributed by atoms with Gasteiger partial charge in [0.2, 0.25) is 0 Å². The summed E-state index contributed by atoms with van der Waals surface area (Å²) in [6, 6.07) is 3.27. The molecule has 134 valence electrons. The fourth-order valence-electron chi connectivity index (χ4n) is 1.88. The number of carbonyl (C=O) groups excluding carboxylic acids is 1. The van der Waals surface area contributed by atoms with Gasteiger partial charge in [0, 0.05) is 11.8 Å². The van der Waals surface area contributed by atoms with Crippen molar-refractivity contribution in [2.75, 3.05) is 11.9 Å². The molecule has 1 N–H and O–H groups in total. The third-order valence-corrected chi connectivity index (χ3v) is 2.95. The second-order valence-electron chi connectivity index (χ2n) is 5.60. The van der Waals surface area contributed by atoms with Crippen molar-refractivity contribution in [2.24, 2.45) is 5.92 Å². The summed E-state index contributed by atoms with van der Waals surface area (Å²) in [7, 11) is 0. The van der Waals surface area contributed by atoms with Gasteiger partial charge >= 0.3 is 12.3 Å². The molecule has 9 heteroatoms. The maximum absolute atomic E-state index is 13.2. The van der Waals surface area contributed by atoms with E-state index in [9.17, 15) is 22.4 Å². The second kappa shape index (κ2) is 7.45. The average Bonchev–Trinajstić information content (AvgIpc) is 2.52. The van der Waals surface area contributed by atoms with Gasteiger partial charge in [-0.25, -0.2) is 14.2 Å². The monoisotopic (exact) mass is 357 g/mol. The molecule has 5 nitrogen and oxygen atoms in total. The number of halogens is 4. The number of amides is 1. The Kier molecular flexibility index (Phi) is 5.55. The molecule has 25 heavy (non-hydrogen) atoms. The molecule has 2 aromatic heterocycles. The Bertz CT molecular complexity index is 763. The first kappa shape index (κ1) is 18.6. The molecule has 0 fully saturated rings. The van der Waals surface area contributed by atoms with Crippen LogP contribution in [0.25, 0.3) is 11.3 Å². The summed E-state index contributed by atoms with van der Waals surface area (Å²) in [5.41, 5.74) is -1.90. The SMILES string of the molecule is CC(C)COC(=O)Nc1ccc(-c2cncc(F)c2)nc1C(F)(F)F. The Morgan fingerprint density at radius 1 is 1.28 bits per heavy atom. The molecule has 0 aromatic carbocycles. The Morgan fingerprint density at radius 3 is 2.60 bits per heavy atom. The van der Waals surface area contributed by atoms with Gasteiger partial charge in [-0.15, -0.1) is 0 Å². The number of aromatic nitrogens is 2. The lowest BCUT2D eigenvalue weighted by molar-refractivity contribution is -0.140. The van der Waals surface area contributed by atoms with Crippen LogP contribution in [0.2, 0.25) is 0 Å². The van der Waals surface area contributed by atoms with Gasteiger partial charge in [-0.3, -0.25) is 10.3 Å². The molecule has 1 amide bonds. The number of hydrogen-bond donors (Lipinski definition) is 1. The number of ether oxygens (including phenoxy) is 1. The number of anilines is 1. The van der Waals surface area contributed by atoms with Crippen LogP contribution < -0.4 is 5.32 Å². The molecule has 0 aliphatic heterocycles. The summed E-state index contributed by atoms with van der Waals surface area (Å²) in [5, 5.41) is 2.03. The van der Waals surface area contributed by atoms with Crippen molar-refractivity contribution in [1.82, 2.24) is 9.97 Å². The smallest absolute Gasteiger partial charge is 0.435 e. The first-order chi connectivity index (χ1) is 11.7. The zero-order chi connectivity index (χ0) is 18.6. The molecule has 0 saturated heterocycles. The van der Waals surface area contributed by atoms with Crippen molar-refractivity contribution in [3.63, 3.8) is 0 Å². The topological polar surface area (TPSA) is 64.1 Å². The first-order valence-electron chi connectivity index (χ1n) is 7.29. The fraction of sp³-hybridized carbons (Fsp3) is 0.312. The molecular weight excluding hydrogens is 342 g/mol. The number of pyridine rings is 2. The largest absolute Gasteiger partial charge is 0.449 e. The molecule has 2 aromatic rings. The predicted octanol–water partition coefficient (Wildman–Crippen LogP) is 4.51. The Hall–Kier alpha value is -2.71. The Labute approximate surface area is 141 Å². The number of carbonyl (C=O) groups is 1. The minimum atomic E-state index is -4.82. The molecule has 0 bridgehead atoms. The summed E-state index contributed by atoms with van der Waals surface area (Å²) >= 11 is 0. The lowest BCUT2D eigenvalue weighted by Crippen LogP contribution is -2.20. The molecule has 2 heterocycles. The van der Waals surface area contributed by atoms with Crippen LogP contribution in [0.4, 0.5) is 28.0 Å². The quantitative estimate of drug-likeness (QED) is 0.818. The zero-order valence-electron chi connectivity index (χ0n) is 13.4. The number of hydrogen-bond acceptors (Lipinski definition) is 4. The lowest BCUT2D eigenvalue weighted by atomic mass is 10.1.